The summed E-state index contributed by atoms with van der Waals surface area (Å²) in [5, 5.41) is 9.74. The molecule has 3 rings (SSSR count). The summed E-state index contributed by atoms with van der Waals surface area (Å²) in [6, 6.07) is 5.99. The van der Waals surface area contributed by atoms with Crippen molar-refractivity contribution in [2.75, 3.05) is 13.2 Å². The normalized spacial score (nSPS) is 19.1. The highest BCUT2D eigenvalue weighted by Crippen LogP contribution is 2.22. The molecular weight excluding hydrogens is 285 g/mol. The molecule has 2 unspecified atom stereocenters. The highest BCUT2D eigenvalue weighted by molar-refractivity contribution is 5.99. The Bertz CT molecular complexity index is 648. The second-order valence-electron chi connectivity index (χ2n) is 5.55. The van der Waals surface area contributed by atoms with E-state index < -0.39 is 0 Å². The van der Waals surface area contributed by atoms with E-state index in [9.17, 15) is 9.18 Å². The number of nitrogens with zero attached hydrogens (tertiary/aromatic N) is 1. The van der Waals surface area contributed by atoms with E-state index in [0.717, 1.165) is 18.6 Å². The molecule has 0 bridgehead atoms. The number of H-pyrrole nitrogens is 1. The summed E-state index contributed by atoms with van der Waals surface area (Å²) in [4.78, 5) is 12.4. The number of amides is 1. The van der Waals surface area contributed by atoms with E-state index in [1.54, 1.807) is 12.1 Å². The molecule has 0 spiro atoms. The topological polar surface area (TPSA) is 67.0 Å². The van der Waals surface area contributed by atoms with E-state index in [-0.39, 0.29) is 17.8 Å². The van der Waals surface area contributed by atoms with Gasteiger partial charge in [0.05, 0.1) is 24.1 Å². The first-order valence-corrected chi connectivity index (χ1v) is 7.33. The van der Waals surface area contributed by atoms with Gasteiger partial charge in [-0.2, -0.15) is 5.10 Å². The molecule has 1 aliphatic rings. The zero-order chi connectivity index (χ0) is 15.5. The van der Waals surface area contributed by atoms with Crippen molar-refractivity contribution in [2.24, 2.45) is 5.92 Å². The van der Waals surface area contributed by atoms with Crippen molar-refractivity contribution < 1.29 is 13.9 Å². The molecule has 0 aliphatic carbocycles. The molecule has 1 amide bonds. The predicted octanol–water partition coefficient (Wildman–Crippen LogP) is 2.37. The lowest BCUT2D eigenvalue weighted by Gasteiger charge is -2.19. The number of aromatic amines is 1. The summed E-state index contributed by atoms with van der Waals surface area (Å²) in [6.45, 7) is 3.41. The van der Waals surface area contributed by atoms with Crippen molar-refractivity contribution >= 4 is 5.91 Å². The molecule has 1 saturated heterocycles. The van der Waals surface area contributed by atoms with E-state index in [4.69, 9.17) is 4.74 Å². The molecule has 2 heterocycles. The Morgan fingerprint density at radius 2 is 2.23 bits per heavy atom. The van der Waals surface area contributed by atoms with Crippen LogP contribution in [0.3, 0.4) is 0 Å². The molecule has 2 atom stereocenters. The van der Waals surface area contributed by atoms with Crippen LogP contribution in [0, 0.1) is 11.7 Å². The summed E-state index contributed by atoms with van der Waals surface area (Å²) in [7, 11) is 0. The lowest BCUT2D eigenvalue weighted by atomic mass is 10.00. The minimum absolute atomic E-state index is 0.0333. The number of nitrogens with one attached hydrogen (secondary N) is 2. The second kappa shape index (κ2) is 6.27. The van der Waals surface area contributed by atoms with Crippen LogP contribution < -0.4 is 5.32 Å². The molecule has 0 saturated carbocycles. The number of hydrogen-bond acceptors (Lipinski definition) is 3. The van der Waals surface area contributed by atoms with Gasteiger partial charge in [-0.05, 0) is 37.6 Å². The van der Waals surface area contributed by atoms with Crippen LogP contribution in [0.1, 0.15) is 23.7 Å². The van der Waals surface area contributed by atoms with Crippen LogP contribution >= 0.6 is 0 Å². The molecule has 2 N–H and O–H groups in total. The summed E-state index contributed by atoms with van der Waals surface area (Å²) in [5.74, 6) is -0.165. The number of rotatable bonds is 4. The monoisotopic (exact) mass is 303 g/mol. The van der Waals surface area contributed by atoms with Gasteiger partial charge in [0.25, 0.3) is 5.91 Å². The number of hydrogen-bond donors (Lipinski definition) is 2. The Balaban J connectivity index is 1.76. The average Bonchev–Trinajstić information content (AvgIpc) is 3.19. The van der Waals surface area contributed by atoms with Crippen molar-refractivity contribution in [1.82, 2.24) is 15.5 Å². The maximum atomic E-state index is 13.0. The lowest BCUT2D eigenvalue weighted by molar-refractivity contribution is 0.0923. The fraction of sp³-hybridized carbons (Fsp3) is 0.375. The number of halogens is 1. The van der Waals surface area contributed by atoms with Gasteiger partial charge in [0.2, 0.25) is 0 Å². The van der Waals surface area contributed by atoms with Crippen LogP contribution in [0.25, 0.3) is 11.3 Å². The number of aromatic nitrogens is 2. The summed E-state index contributed by atoms with van der Waals surface area (Å²) in [6.07, 6.45) is 2.45. The molecule has 0 radical (unpaired) electrons. The zero-order valence-electron chi connectivity index (χ0n) is 12.3. The Morgan fingerprint density at radius 1 is 1.45 bits per heavy atom. The molecule has 5 nitrogen and oxygen atoms in total. The van der Waals surface area contributed by atoms with E-state index in [2.05, 4.69) is 15.5 Å². The van der Waals surface area contributed by atoms with Gasteiger partial charge in [-0.25, -0.2) is 4.39 Å². The summed E-state index contributed by atoms with van der Waals surface area (Å²) >= 11 is 0. The molecule has 2 aromatic rings. The van der Waals surface area contributed by atoms with Crippen LogP contribution in [0.5, 0.6) is 0 Å². The number of carbonyl (C=O) groups is 1. The Hall–Kier alpha value is -2.21. The third-order valence-electron chi connectivity index (χ3n) is 4.05. The molecule has 22 heavy (non-hydrogen) atoms. The Morgan fingerprint density at radius 3 is 2.91 bits per heavy atom. The molecule has 1 aromatic heterocycles. The third kappa shape index (κ3) is 3.01. The van der Waals surface area contributed by atoms with Crippen LogP contribution in [0.4, 0.5) is 4.39 Å². The fourth-order valence-electron chi connectivity index (χ4n) is 2.64. The van der Waals surface area contributed by atoms with E-state index >= 15 is 0 Å². The maximum Gasteiger partial charge on any atom is 0.255 e. The Labute approximate surface area is 127 Å². The fourth-order valence-corrected chi connectivity index (χ4v) is 2.64. The van der Waals surface area contributed by atoms with Crippen molar-refractivity contribution in [2.45, 2.75) is 19.4 Å². The van der Waals surface area contributed by atoms with Crippen molar-refractivity contribution in [3.05, 3.63) is 41.8 Å². The highest BCUT2D eigenvalue weighted by Gasteiger charge is 2.25. The minimum Gasteiger partial charge on any atom is -0.381 e. The number of benzene rings is 1. The van der Waals surface area contributed by atoms with Crippen LogP contribution in [-0.2, 0) is 4.74 Å². The molecular formula is C16H18FN3O2. The van der Waals surface area contributed by atoms with Gasteiger partial charge >= 0.3 is 0 Å². The van der Waals surface area contributed by atoms with Crippen molar-refractivity contribution in [3.63, 3.8) is 0 Å². The Kier molecular flexibility index (Phi) is 4.20. The zero-order valence-corrected chi connectivity index (χ0v) is 12.3. The van der Waals surface area contributed by atoms with E-state index in [0.29, 0.717) is 23.8 Å². The number of carbonyl (C=O) groups excluding carboxylic acids is 1. The lowest BCUT2D eigenvalue weighted by Crippen LogP contribution is -2.38. The van der Waals surface area contributed by atoms with Gasteiger partial charge in [-0.1, -0.05) is 0 Å². The van der Waals surface area contributed by atoms with Crippen LogP contribution in [0.2, 0.25) is 0 Å². The van der Waals surface area contributed by atoms with Gasteiger partial charge < -0.3 is 10.1 Å². The van der Waals surface area contributed by atoms with Crippen LogP contribution in [0.15, 0.2) is 30.5 Å². The first kappa shape index (κ1) is 14.7. The van der Waals surface area contributed by atoms with Gasteiger partial charge in [0.15, 0.2) is 0 Å². The quantitative estimate of drug-likeness (QED) is 0.911. The van der Waals surface area contributed by atoms with Crippen LogP contribution in [-0.4, -0.2) is 35.4 Å². The predicted molar refractivity (Wildman–Crippen MR) is 79.8 cm³/mol. The van der Waals surface area contributed by atoms with Gasteiger partial charge in [-0.3, -0.25) is 9.89 Å². The average molecular weight is 303 g/mol. The first-order valence-electron chi connectivity index (χ1n) is 7.33. The second-order valence-corrected chi connectivity index (χ2v) is 5.55. The smallest absolute Gasteiger partial charge is 0.255 e. The van der Waals surface area contributed by atoms with E-state index in [1.165, 1.54) is 18.3 Å². The summed E-state index contributed by atoms with van der Waals surface area (Å²) in [5.41, 5.74) is 1.77. The molecule has 1 fully saturated rings. The highest BCUT2D eigenvalue weighted by atomic mass is 19.1. The molecule has 116 valence electrons. The van der Waals surface area contributed by atoms with Gasteiger partial charge in [0.1, 0.15) is 5.82 Å². The van der Waals surface area contributed by atoms with Gasteiger partial charge in [0, 0.05) is 24.1 Å². The minimum atomic E-state index is -0.316. The SMILES string of the molecule is CC(NC(=O)c1cn[nH]c1-c1ccc(F)cc1)C1CCOC1. The number of ether oxygens (including phenoxy) is 1. The van der Waals surface area contributed by atoms with Crippen molar-refractivity contribution in [1.29, 1.82) is 0 Å². The first-order chi connectivity index (χ1) is 10.6. The molecule has 6 heteroatoms. The maximum absolute atomic E-state index is 13.0. The summed E-state index contributed by atoms with van der Waals surface area (Å²) < 4.78 is 18.4. The van der Waals surface area contributed by atoms with E-state index in [1.807, 2.05) is 6.92 Å². The third-order valence-corrected chi connectivity index (χ3v) is 4.05. The standard InChI is InChI=1S/C16H18FN3O2/c1-10(12-6-7-22-9-12)19-16(21)14-8-18-20-15(14)11-2-4-13(17)5-3-11/h2-5,8,10,12H,6-7,9H2,1H3,(H,18,20)(H,19,21). The molecule has 1 aliphatic heterocycles. The largest absolute Gasteiger partial charge is 0.381 e. The van der Waals surface area contributed by atoms with Gasteiger partial charge in [-0.15, -0.1) is 0 Å². The van der Waals surface area contributed by atoms with Crippen molar-refractivity contribution in [3.8, 4) is 11.3 Å². The molecule has 1 aromatic carbocycles.